The summed E-state index contributed by atoms with van der Waals surface area (Å²) < 4.78 is 0. The second kappa shape index (κ2) is 3.74. The van der Waals surface area contributed by atoms with E-state index < -0.39 is 0 Å². The Balaban J connectivity index is 2.49. The van der Waals surface area contributed by atoms with Crippen LogP contribution in [0.1, 0.15) is 11.1 Å². The predicted molar refractivity (Wildman–Crippen MR) is 46.7 cm³/mol. The molecule has 2 heteroatoms. The molecule has 1 aromatic rings. The van der Waals surface area contributed by atoms with Gasteiger partial charge in [-0.15, -0.1) is 0 Å². The van der Waals surface area contributed by atoms with Crippen LogP contribution in [-0.2, 0) is 6.42 Å². The lowest BCUT2D eigenvalue weighted by Crippen LogP contribution is -2.10. The first-order valence-electron chi connectivity index (χ1n) is 3.51. The summed E-state index contributed by atoms with van der Waals surface area (Å²) in [7, 11) is 1.99. The van der Waals surface area contributed by atoms with Gasteiger partial charge in [-0.2, -0.15) is 11.3 Å². The molecule has 0 saturated carbocycles. The van der Waals surface area contributed by atoms with E-state index in [9.17, 15) is 0 Å². The molecule has 0 spiro atoms. The van der Waals surface area contributed by atoms with Crippen LogP contribution < -0.4 is 5.32 Å². The van der Waals surface area contributed by atoms with Crippen molar-refractivity contribution in [3.8, 4) is 0 Å². The Hall–Kier alpha value is -0.340. The first-order valence-corrected chi connectivity index (χ1v) is 4.45. The zero-order valence-corrected chi connectivity index (χ0v) is 7.29. The van der Waals surface area contributed by atoms with Crippen LogP contribution in [0, 0.1) is 6.92 Å². The average Bonchev–Trinajstić information content (AvgIpc) is 2.31. The van der Waals surface area contributed by atoms with Crippen LogP contribution in [0.4, 0.5) is 0 Å². The van der Waals surface area contributed by atoms with Gasteiger partial charge in [0, 0.05) is 0 Å². The summed E-state index contributed by atoms with van der Waals surface area (Å²) in [5.74, 6) is 0. The molecule has 1 nitrogen and oxygen atoms in total. The second-order valence-electron chi connectivity index (χ2n) is 2.43. The highest BCUT2D eigenvalue weighted by molar-refractivity contribution is 7.08. The average molecular weight is 155 g/mol. The molecule has 0 aliphatic heterocycles. The third-order valence-corrected chi connectivity index (χ3v) is 2.52. The minimum atomic E-state index is 1.08. The normalized spacial score (nSPS) is 10.2. The summed E-state index contributed by atoms with van der Waals surface area (Å²) in [6, 6.07) is 0. The maximum atomic E-state index is 3.14. The lowest BCUT2D eigenvalue weighted by atomic mass is 10.1. The van der Waals surface area contributed by atoms with E-state index >= 15 is 0 Å². The molecule has 0 unspecified atom stereocenters. The molecule has 0 fully saturated rings. The van der Waals surface area contributed by atoms with E-state index in [1.54, 1.807) is 11.3 Å². The molecule has 10 heavy (non-hydrogen) atoms. The van der Waals surface area contributed by atoms with Crippen molar-refractivity contribution in [2.75, 3.05) is 13.6 Å². The van der Waals surface area contributed by atoms with Crippen LogP contribution in [0.25, 0.3) is 0 Å². The van der Waals surface area contributed by atoms with Crippen molar-refractivity contribution in [2.24, 2.45) is 0 Å². The van der Waals surface area contributed by atoms with E-state index in [1.165, 1.54) is 11.1 Å². The highest BCUT2D eigenvalue weighted by Crippen LogP contribution is 2.13. The smallest absolute Gasteiger partial charge is 0.00110 e. The van der Waals surface area contributed by atoms with Gasteiger partial charge >= 0.3 is 0 Å². The van der Waals surface area contributed by atoms with Crippen LogP contribution in [-0.4, -0.2) is 13.6 Å². The Morgan fingerprint density at radius 3 is 2.80 bits per heavy atom. The third kappa shape index (κ3) is 1.82. The van der Waals surface area contributed by atoms with Crippen molar-refractivity contribution in [3.05, 3.63) is 21.9 Å². The van der Waals surface area contributed by atoms with Crippen LogP contribution >= 0.6 is 11.3 Å². The number of likely N-dealkylation sites (N-methyl/N-ethyl adjacent to an activating group) is 1. The Morgan fingerprint density at radius 2 is 2.30 bits per heavy atom. The Labute approximate surface area is 66.1 Å². The fraction of sp³-hybridized carbons (Fsp3) is 0.500. The molecule has 56 valence electrons. The zero-order chi connectivity index (χ0) is 7.40. The van der Waals surface area contributed by atoms with Gasteiger partial charge in [0.15, 0.2) is 0 Å². The Kier molecular flexibility index (Phi) is 2.90. The van der Waals surface area contributed by atoms with E-state index in [-0.39, 0.29) is 0 Å². The maximum Gasteiger partial charge on any atom is -0.00110 e. The van der Waals surface area contributed by atoms with E-state index in [4.69, 9.17) is 0 Å². The van der Waals surface area contributed by atoms with Gasteiger partial charge in [-0.1, -0.05) is 0 Å². The number of aryl methyl sites for hydroxylation is 1. The third-order valence-electron chi connectivity index (χ3n) is 1.61. The molecule has 1 heterocycles. The van der Waals surface area contributed by atoms with Crippen LogP contribution in [0.3, 0.4) is 0 Å². The molecule has 0 radical (unpaired) electrons. The van der Waals surface area contributed by atoms with Gasteiger partial charge in [-0.3, -0.25) is 0 Å². The van der Waals surface area contributed by atoms with Crippen molar-refractivity contribution in [1.29, 1.82) is 0 Å². The predicted octanol–water partition coefficient (Wildman–Crippen LogP) is 1.82. The van der Waals surface area contributed by atoms with Crippen LogP contribution in [0.15, 0.2) is 10.8 Å². The minimum absolute atomic E-state index is 1.08. The quantitative estimate of drug-likeness (QED) is 0.702. The monoisotopic (exact) mass is 155 g/mol. The number of thiophene rings is 1. The van der Waals surface area contributed by atoms with Gasteiger partial charge in [0.05, 0.1) is 0 Å². The highest BCUT2D eigenvalue weighted by Gasteiger charge is 1.96. The first-order chi connectivity index (χ1) is 4.84. The van der Waals surface area contributed by atoms with E-state index in [2.05, 4.69) is 23.0 Å². The van der Waals surface area contributed by atoms with Gasteiger partial charge in [-0.05, 0) is 48.8 Å². The molecule has 0 atom stereocenters. The molecule has 0 bridgehead atoms. The van der Waals surface area contributed by atoms with E-state index in [0.717, 1.165) is 13.0 Å². The van der Waals surface area contributed by atoms with Crippen molar-refractivity contribution in [2.45, 2.75) is 13.3 Å². The molecule has 1 rings (SSSR count). The lowest BCUT2D eigenvalue weighted by Gasteiger charge is -1.97. The zero-order valence-electron chi connectivity index (χ0n) is 6.48. The largest absolute Gasteiger partial charge is 0.319 e. The molecular formula is C8H13NS. The first kappa shape index (κ1) is 7.76. The summed E-state index contributed by atoms with van der Waals surface area (Å²) in [6.07, 6.45) is 1.16. The Morgan fingerprint density at radius 1 is 1.50 bits per heavy atom. The van der Waals surface area contributed by atoms with Crippen LogP contribution in [0.2, 0.25) is 0 Å². The van der Waals surface area contributed by atoms with Crippen LogP contribution in [0.5, 0.6) is 0 Å². The number of hydrogen-bond donors (Lipinski definition) is 1. The second-order valence-corrected chi connectivity index (χ2v) is 3.18. The fourth-order valence-electron chi connectivity index (χ4n) is 0.903. The molecule has 0 aromatic carbocycles. The molecule has 0 aliphatic rings. The molecular weight excluding hydrogens is 142 g/mol. The maximum absolute atomic E-state index is 3.14. The summed E-state index contributed by atoms with van der Waals surface area (Å²) >= 11 is 1.79. The highest BCUT2D eigenvalue weighted by atomic mass is 32.1. The van der Waals surface area contributed by atoms with Gasteiger partial charge in [0.2, 0.25) is 0 Å². The molecule has 0 amide bonds. The number of rotatable bonds is 3. The standard InChI is InChI=1S/C8H13NS/c1-7-5-10-6-8(7)3-4-9-2/h5-6,9H,3-4H2,1-2H3. The summed E-state index contributed by atoms with van der Waals surface area (Å²) in [5.41, 5.74) is 2.92. The van der Waals surface area contributed by atoms with Crippen molar-refractivity contribution >= 4 is 11.3 Å². The molecule has 0 saturated heterocycles. The number of hydrogen-bond acceptors (Lipinski definition) is 2. The van der Waals surface area contributed by atoms with Gasteiger partial charge in [0.25, 0.3) is 0 Å². The summed E-state index contributed by atoms with van der Waals surface area (Å²) in [6.45, 7) is 3.25. The fourth-order valence-corrected chi connectivity index (χ4v) is 1.79. The van der Waals surface area contributed by atoms with Crippen molar-refractivity contribution < 1.29 is 0 Å². The Bertz CT molecular complexity index is 193. The summed E-state index contributed by atoms with van der Waals surface area (Å²) in [4.78, 5) is 0. The van der Waals surface area contributed by atoms with Crippen molar-refractivity contribution in [1.82, 2.24) is 5.32 Å². The van der Waals surface area contributed by atoms with Crippen molar-refractivity contribution in [3.63, 3.8) is 0 Å². The molecule has 1 aromatic heterocycles. The molecule has 1 N–H and O–H groups in total. The van der Waals surface area contributed by atoms with Gasteiger partial charge < -0.3 is 5.32 Å². The topological polar surface area (TPSA) is 12.0 Å². The van der Waals surface area contributed by atoms with Gasteiger partial charge in [-0.25, -0.2) is 0 Å². The SMILES string of the molecule is CNCCc1cscc1C. The molecule has 0 aliphatic carbocycles. The van der Waals surface area contributed by atoms with E-state index in [1.807, 2.05) is 7.05 Å². The van der Waals surface area contributed by atoms with Gasteiger partial charge in [0.1, 0.15) is 0 Å². The minimum Gasteiger partial charge on any atom is -0.319 e. The summed E-state index contributed by atoms with van der Waals surface area (Å²) in [5, 5.41) is 7.57. The number of nitrogens with one attached hydrogen (secondary N) is 1. The lowest BCUT2D eigenvalue weighted by molar-refractivity contribution is 0.791. The van der Waals surface area contributed by atoms with E-state index in [0.29, 0.717) is 0 Å².